The Kier molecular flexibility index (Phi) is 6.05. The zero-order chi connectivity index (χ0) is 24.3. The number of methoxy groups -OCH3 is 1. The van der Waals surface area contributed by atoms with Gasteiger partial charge in [0.25, 0.3) is 0 Å². The SMILES string of the molecule is COCC(O)[C@@]1(C)CCC2C3CCC4=CC(=O)CCC4=C3[C@@H](c3ccc(N(C)C)cc3)C[C@@]21C. The molecular formula is C30H41NO3. The minimum Gasteiger partial charge on any atom is -0.390 e. The van der Waals surface area contributed by atoms with Gasteiger partial charge in [-0.2, -0.15) is 0 Å². The van der Waals surface area contributed by atoms with Crippen LogP contribution in [0.25, 0.3) is 0 Å². The molecule has 6 atom stereocenters. The van der Waals surface area contributed by atoms with Crippen LogP contribution in [0.15, 0.2) is 47.1 Å². The van der Waals surface area contributed by atoms with Crippen molar-refractivity contribution in [1.82, 2.24) is 0 Å². The van der Waals surface area contributed by atoms with E-state index in [1.165, 1.54) is 28.8 Å². The minimum atomic E-state index is -0.454. The molecule has 2 fully saturated rings. The number of benzene rings is 1. The Bertz CT molecular complexity index is 1020. The molecule has 0 aromatic heterocycles. The van der Waals surface area contributed by atoms with Crippen LogP contribution in [0.5, 0.6) is 0 Å². The van der Waals surface area contributed by atoms with Crippen LogP contribution in [0.4, 0.5) is 5.69 Å². The highest BCUT2D eigenvalue weighted by Gasteiger charge is 2.63. The van der Waals surface area contributed by atoms with Crippen molar-refractivity contribution >= 4 is 11.5 Å². The first-order valence-corrected chi connectivity index (χ1v) is 13.1. The van der Waals surface area contributed by atoms with Gasteiger partial charge in [-0.1, -0.05) is 31.6 Å². The molecule has 4 heteroatoms. The molecule has 5 rings (SSSR count). The first-order chi connectivity index (χ1) is 16.2. The third-order valence-electron chi connectivity index (χ3n) is 10.3. The maximum Gasteiger partial charge on any atom is 0.156 e. The third kappa shape index (κ3) is 3.52. The molecule has 1 aromatic carbocycles. The second-order valence-electron chi connectivity index (χ2n) is 11.9. The first-order valence-electron chi connectivity index (χ1n) is 13.1. The highest BCUT2D eigenvalue weighted by atomic mass is 16.5. The fourth-order valence-corrected chi connectivity index (χ4v) is 8.13. The fraction of sp³-hybridized carbons (Fsp3) is 0.633. The van der Waals surface area contributed by atoms with Crippen LogP contribution < -0.4 is 4.90 Å². The monoisotopic (exact) mass is 463 g/mol. The third-order valence-corrected chi connectivity index (χ3v) is 10.3. The Hall–Kier alpha value is -1.91. The number of rotatable bonds is 5. The molecule has 4 aliphatic rings. The Morgan fingerprint density at radius 2 is 1.85 bits per heavy atom. The summed E-state index contributed by atoms with van der Waals surface area (Å²) in [5.41, 5.74) is 6.89. The lowest BCUT2D eigenvalue weighted by molar-refractivity contribution is -0.114. The molecule has 3 unspecified atom stereocenters. The van der Waals surface area contributed by atoms with E-state index in [0.717, 1.165) is 32.1 Å². The van der Waals surface area contributed by atoms with Gasteiger partial charge < -0.3 is 14.7 Å². The predicted molar refractivity (Wildman–Crippen MR) is 137 cm³/mol. The summed E-state index contributed by atoms with van der Waals surface area (Å²) in [6, 6.07) is 9.11. The number of hydrogen-bond donors (Lipinski definition) is 1. The number of hydrogen-bond acceptors (Lipinski definition) is 4. The number of anilines is 1. The van der Waals surface area contributed by atoms with E-state index in [0.29, 0.717) is 36.6 Å². The van der Waals surface area contributed by atoms with E-state index in [2.05, 4.69) is 57.1 Å². The van der Waals surface area contributed by atoms with Crippen molar-refractivity contribution in [2.24, 2.45) is 22.7 Å². The maximum absolute atomic E-state index is 12.2. The Morgan fingerprint density at radius 1 is 1.12 bits per heavy atom. The summed E-state index contributed by atoms with van der Waals surface area (Å²) < 4.78 is 5.44. The van der Waals surface area contributed by atoms with Gasteiger partial charge in [0.05, 0.1) is 12.7 Å². The molecule has 1 N–H and O–H groups in total. The fourth-order valence-electron chi connectivity index (χ4n) is 8.13. The number of allylic oxidation sites excluding steroid dienone is 4. The predicted octanol–water partition coefficient (Wildman–Crippen LogP) is 5.67. The number of carbonyl (C=O) groups is 1. The molecular weight excluding hydrogens is 422 g/mol. The summed E-state index contributed by atoms with van der Waals surface area (Å²) in [6.45, 7) is 5.17. The van der Waals surface area contributed by atoms with Crippen LogP contribution in [-0.2, 0) is 9.53 Å². The molecule has 0 radical (unpaired) electrons. The van der Waals surface area contributed by atoms with Crippen molar-refractivity contribution in [2.75, 3.05) is 32.7 Å². The molecule has 0 spiro atoms. The number of aliphatic hydroxyl groups is 1. The summed E-state index contributed by atoms with van der Waals surface area (Å²) in [5.74, 6) is 1.74. The second kappa shape index (κ2) is 8.64. The standard InChI is InChI=1S/C30H41NO3/c1-29(27(33)18-34-5)15-14-26-24-12-8-20-16-22(32)11-13-23(20)28(24)25(17-30(26,29)2)19-6-9-21(10-7-19)31(3)4/h6-7,9-10,16,24-27,33H,8,11-15,17-18H2,1-5H3/t24?,25-,26?,27?,29-,30+/m1/s1. The number of carbonyl (C=O) groups excluding carboxylic acids is 1. The van der Waals surface area contributed by atoms with Crippen LogP contribution in [0.1, 0.15) is 70.3 Å². The summed E-state index contributed by atoms with van der Waals surface area (Å²) in [5, 5.41) is 11.3. The van der Waals surface area contributed by atoms with Crippen LogP contribution in [0.2, 0.25) is 0 Å². The molecule has 1 aromatic rings. The summed E-state index contributed by atoms with van der Waals surface area (Å²) >= 11 is 0. The maximum atomic E-state index is 12.2. The molecule has 0 bridgehead atoms. The molecule has 0 aliphatic heterocycles. The van der Waals surface area contributed by atoms with E-state index >= 15 is 0 Å². The highest BCUT2D eigenvalue weighted by Crippen LogP contribution is 2.70. The van der Waals surface area contributed by atoms with Crippen molar-refractivity contribution in [3.8, 4) is 0 Å². The summed E-state index contributed by atoms with van der Waals surface area (Å²) in [6.07, 6.45) is 8.45. The zero-order valence-electron chi connectivity index (χ0n) is 21.6. The van der Waals surface area contributed by atoms with Crippen LogP contribution in [-0.4, -0.2) is 44.8 Å². The number of aliphatic hydroxyl groups excluding tert-OH is 1. The van der Waals surface area contributed by atoms with E-state index in [-0.39, 0.29) is 10.8 Å². The van der Waals surface area contributed by atoms with Crippen molar-refractivity contribution in [3.05, 3.63) is 52.6 Å². The van der Waals surface area contributed by atoms with Crippen LogP contribution >= 0.6 is 0 Å². The van der Waals surface area contributed by atoms with E-state index in [9.17, 15) is 9.90 Å². The molecule has 4 nitrogen and oxygen atoms in total. The van der Waals surface area contributed by atoms with Gasteiger partial charge in [-0.15, -0.1) is 0 Å². The normalized spacial score (nSPS) is 35.9. The van der Waals surface area contributed by atoms with Gasteiger partial charge in [-0.05, 0) is 90.7 Å². The molecule has 2 saturated carbocycles. The Balaban J connectivity index is 1.64. The first kappa shape index (κ1) is 23.8. The van der Waals surface area contributed by atoms with Crippen molar-refractivity contribution in [1.29, 1.82) is 0 Å². The number of nitrogens with zero attached hydrogens (tertiary/aromatic N) is 1. The number of ketones is 1. The van der Waals surface area contributed by atoms with Crippen molar-refractivity contribution in [2.45, 2.75) is 70.8 Å². The van der Waals surface area contributed by atoms with Gasteiger partial charge in [0.2, 0.25) is 0 Å². The molecule has 34 heavy (non-hydrogen) atoms. The lowest BCUT2D eigenvalue weighted by Crippen LogP contribution is -2.52. The molecule has 0 heterocycles. The second-order valence-corrected chi connectivity index (χ2v) is 11.9. The average molecular weight is 464 g/mol. The Labute approximate surface area is 205 Å². The van der Waals surface area contributed by atoms with Crippen molar-refractivity contribution < 1.29 is 14.6 Å². The van der Waals surface area contributed by atoms with Gasteiger partial charge in [-0.3, -0.25) is 4.79 Å². The number of ether oxygens (including phenoxy) is 1. The van der Waals surface area contributed by atoms with Crippen LogP contribution in [0.3, 0.4) is 0 Å². The minimum absolute atomic E-state index is 0.0380. The van der Waals surface area contributed by atoms with E-state index in [1.54, 1.807) is 12.7 Å². The van der Waals surface area contributed by atoms with Gasteiger partial charge in [-0.25, -0.2) is 0 Å². The lowest BCUT2D eigenvalue weighted by atomic mass is 9.48. The van der Waals surface area contributed by atoms with Gasteiger partial charge in [0.1, 0.15) is 0 Å². The topological polar surface area (TPSA) is 49.8 Å². The van der Waals surface area contributed by atoms with Gasteiger partial charge >= 0.3 is 0 Å². The molecule has 4 aliphatic carbocycles. The highest BCUT2D eigenvalue weighted by molar-refractivity contribution is 5.93. The van der Waals surface area contributed by atoms with Crippen molar-refractivity contribution in [3.63, 3.8) is 0 Å². The molecule has 184 valence electrons. The van der Waals surface area contributed by atoms with E-state index < -0.39 is 6.10 Å². The van der Waals surface area contributed by atoms with Gasteiger partial charge in [0.15, 0.2) is 5.78 Å². The molecule has 0 saturated heterocycles. The van der Waals surface area contributed by atoms with Gasteiger partial charge in [0, 0.05) is 44.6 Å². The number of fused-ring (bicyclic) bond motifs is 4. The van der Waals surface area contributed by atoms with E-state index in [1.807, 2.05) is 6.08 Å². The smallest absolute Gasteiger partial charge is 0.156 e. The Morgan fingerprint density at radius 3 is 2.53 bits per heavy atom. The zero-order valence-corrected chi connectivity index (χ0v) is 21.6. The summed E-state index contributed by atoms with van der Waals surface area (Å²) in [7, 11) is 5.86. The molecule has 0 amide bonds. The van der Waals surface area contributed by atoms with Crippen LogP contribution in [0, 0.1) is 22.7 Å². The average Bonchev–Trinajstić information content (AvgIpc) is 3.10. The van der Waals surface area contributed by atoms with E-state index in [4.69, 9.17) is 4.74 Å². The lowest BCUT2D eigenvalue weighted by Gasteiger charge is -2.56. The summed E-state index contributed by atoms with van der Waals surface area (Å²) in [4.78, 5) is 14.4. The largest absolute Gasteiger partial charge is 0.390 e. The quantitative estimate of drug-likeness (QED) is 0.612.